The van der Waals surface area contributed by atoms with Crippen molar-refractivity contribution in [1.29, 1.82) is 0 Å². The Morgan fingerprint density at radius 2 is 1.88 bits per heavy atom. The van der Waals surface area contributed by atoms with Crippen LogP contribution in [-0.4, -0.2) is 24.4 Å². The van der Waals surface area contributed by atoms with E-state index in [4.69, 9.17) is 21.7 Å². The van der Waals surface area contributed by atoms with E-state index in [1.54, 1.807) is 25.2 Å². The molecule has 0 N–H and O–H groups in total. The van der Waals surface area contributed by atoms with E-state index in [0.29, 0.717) is 20.7 Å². The van der Waals surface area contributed by atoms with Gasteiger partial charge in [-0.05, 0) is 36.8 Å². The summed E-state index contributed by atoms with van der Waals surface area (Å²) in [5.41, 5.74) is 2.63. The van der Waals surface area contributed by atoms with Crippen LogP contribution in [0.4, 0.5) is 5.69 Å². The number of amides is 1. The molecule has 6 heteroatoms. The molecule has 1 aliphatic heterocycles. The highest BCUT2D eigenvalue weighted by atomic mass is 32.2. The van der Waals surface area contributed by atoms with Crippen molar-refractivity contribution in [2.24, 2.45) is 0 Å². The number of para-hydroxylation sites is 1. The summed E-state index contributed by atoms with van der Waals surface area (Å²) in [5.74, 6) is 1.07. The number of thiocarbonyl (C=S) groups is 1. The summed E-state index contributed by atoms with van der Waals surface area (Å²) < 4.78 is 11.3. The molecular weight excluding hydrogens is 354 g/mol. The molecule has 0 aliphatic carbocycles. The van der Waals surface area contributed by atoms with Gasteiger partial charge in [-0.3, -0.25) is 9.69 Å². The SMILES string of the molecule is COc1cccc(C=C2SC(=S)N(c3cccc(C)c3)C2=O)c1OC. The molecule has 0 atom stereocenters. The minimum Gasteiger partial charge on any atom is -0.493 e. The van der Waals surface area contributed by atoms with E-state index in [1.807, 2.05) is 49.4 Å². The Kier molecular flexibility index (Phi) is 5.11. The van der Waals surface area contributed by atoms with Gasteiger partial charge in [0.05, 0.1) is 24.8 Å². The Morgan fingerprint density at radius 3 is 2.56 bits per heavy atom. The van der Waals surface area contributed by atoms with Crippen molar-refractivity contribution < 1.29 is 14.3 Å². The average Bonchev–Trinajstić information content (AvgIpc) is 2.88. The van der Waals surface area contributed by atoms with Gasteiger partial charge in [-0.25, -0.2) is 0 Å². The highest BCUT2D eigenvalue weighted by molar-refractivity contribution is 8.27. The molecule has 25 heavy (non-hydrogen) atoms. The van der Waals surface area contributed by atoms with Crippen LogP contribution in [-0.2, 0) is 4.79 Å². The molecule has 0 bridgehead atoms. The topological polar surface area (TPSA) is 38.8 Å². The third-order valence-electron chi connectivity index (χ3n) is 3.77. The number of nitrogens with zero attached hydrogens (tertiary/aromatic N) is 1. The van der Waals surface area contributed by atoms with Gasteiger partial charge in [0.2, 0.25) is 0 Å². The fourth-order valence-electron chi connectivity index (χ4n) is 2.62. The number of thioether (sulfide) groups is 1. The Labute approximate surface area is 156 Å². The Bertz CT molecular complexity index is 877. The third-order valence-corrected chi connectivity index (χ3v) is 5.08. The number of carbonyl (C=O) groups is 1. The van der Waals surface area contributed by atoms with Crippen molar-refractivity contribution >= 4 is 46.0 Å². The molecule has 2 aromatic rings. The van der Waals surface area contributed by atoms with E-state index in [0.717, 1.165) is 16.8 Å². The van der Waals surface area contributed by atoms with Gasteiger partial charge in [-0.2, -0.15) is 0 Å². The number of aryl methyl sites for hydroxylation is 1. The average molecular weight is 371 g/mol. The zero-order valence-corrected chi connectivity index (χ0v) is 15.7. The van der Waals surface area contributed by atoms with E-state index < -0.39 is 0 Å². The molecule has 0 radical (unpaired) electrons. The summed E-state index contributed by atoms with van der Waals surface area (Å²) in [6, 6.07) is 13.3. The highest BCUT2D eigenvalue weighted by Crippen LogP contribution is 2.39. The smallest absolute Gasteiger partial charge is 0.270 e. The molecule has 4 nitrogen and oxygen atoms in total. The van der Waals surface area contributed by atoms with E-state index >= 15 is 0 Å². The first kappa shape index (κ1) is 17.5. The van der Waals surface area contributed by atoms with E-state index in [-0.39, 0.29) is 5.91 Å². The van der Waals surface area contributed by atoms with Crippen molar-refractivity contribution in [1.82, 2.24) is 0 Å². The van der Waals surface area contributed by atoms with Crippen LogP contribution in [0.2, 0.25) is 0 Å². The second kappa shape index (κ2) is 7.29. The van der Waals surface area contributed by atoms with Gasteiger partial charge in [0.1, 0.15) is 0 Å². The standard InChI is InChI=1S/C19H17NO3S2/c1-12-6-4-8-14(10-12)20-18(21)16(25-19(20)24)11-13-7-5-9-15(22-2)17(13)23-3/h4-11H,1-3H3. The minimum atomic E-state index is -0.134. The third kappa shape index (κ3) is 3.41. The Morgan fingerprint density at radius 1 is 1.12 bits per heavy atom. The van der Waals surface area contributed by atoms with Crippen LogP contribution >= 0.6 is 24.0 Å². The van der Waals surface area contributed by atoms with Crippen LogP contribution in [0.3, 0.4) is 0 Å². The number of methoxy groups -OCH3 is 2. The van der Waals surface area contributed by atoms with Gasteiger partial charge in [-0.15, -0.1) is 0 Å². The van der Waals surface area contributed by atoms with Crippen LogP contribution < -0.4 is 14.4 Å². The van der Waals surface area contributed by atoms with Gasteiger partial charge in [-0.1, -0.05) is 48.2 Å². The first-order valence-corrected chi connectivity index (χ1v) is 8.83. The van der Waals surface area contributed by atoms with Crippen molar-refractivity contribution in [2.75, 3.05) is 19.1 Å². The summed E-state index contributed by atoms with van der Waals surface area (Å²) in [7, 11) is 3.16. The lowest BCUT2D eigenvalue weighted by atomic mass is 10.1. The molecule has 0 unspecified atom stereocenters. The van der Waals surface area contributed by atoms with E-state index in [9.17, 15) is 4.79 Å². The Balaban J connectivity index is 1.99. The lowest BCUT2D eigenvalue weighted by molar-refractivity contribution is -0.113. The lowest BCUT2D eigenvalue weighted by Crippen LogP contribution is -2.27. The minimum absolute atomic E-state index is 0.134. The summed E-state index contributed by atoms with van der Waals surface area (Å²) in [6.07, 6.45) is 1.79. The van der Waals surface area contributed by atoms with E-state index in [1.165, 1.54) is 11.8 Å². The van der Waals surface area contributed by atoms with Gasteiger partial charge in [0, 0.05) is 5.56 Å². The second-order valence-corrected chi connectivity index (χ2v) is 7.11. The summed E-state index contributed by atoms with van der Waals surface area (Å²) in [6.45, 7) is 1.98. The molecule has 1 fully saturated rings. The number of rotatable bonds is 4. The molecule has 128 valence electrons. The molecule has 0 saturated carbocycles. The quantitative estimate of drug-likeness (QED) is 0.588. The fourth-order valence-corrected chi connectivity index (χ4v) is 3.91. The number of hydrogen-bond donors (Lipinski definition) is 0. The summed E-state index contributed by atoms with van der Waals surface area (Å²) >= 11 is 6.70. The van der Waals surface area contributed by atoms with Crippen molar-refractivity contribution in [3.8, 4) is 11.5 Å². The maximum Gasteiger partial charge on any atom is 0.270 e. The van der Waals surface area contributed by atoms with Crippen molar-refractivity contribution in [3.63, 3.8) is 0 Å². The van der Waals surface area contributed by atoms with Crippen LogP contribution in [0.25, 0.3) is 6.08 Å². The molecule has 1 heterocycles. The monoisotopic (exact) mass is 371 g/mol. The predicted molar refractivity (Wildman–Crippen MR) is 106 cm³/mol. The number of anilines is 1. The normalized spacial score (nSPS) is 15.8. The molecule has 1 amide bonds. The summed E-state index contributed by atoms with van der Waals surface area (Å²) in [5, 5.41) is 0. The Hall–Kier alpha value is -2.31. The second-order valence-electron chi connectivity index (χ2n) is 5.44. The number of hydrogen-bond acceptors (Lipinski definition) is 5. The molecular formula is C19H17NO3S2. The maximum atomic E-state index is 12.9. The van der Waals surface area contributed by atoms with Crippen LogP contribution in [0.15, 0.2) is 47.4 Å². The zero-order chi connectivity index (χ0) is 18.0. The number of ether oxygens (including phenoxy) is 2. The first-order chi connectivity index (χ1) is 12.0. The van der Waals surface area contributed by atoms with Crippen molar-refractivity contribution in [2.45, 2.75) is 6.92 Å². The van der Waals surface area contributed by atoms with Gasteiger partial charge >= 0.3 is 0 Å². The van der Waals surface area contributed by atoms with Gasteiger partial charge in [0.25, 0.3) is 5.91 Å². The number of carbonyl (C=O) groups excluding carboxylic acids is 1. The first-order valence-electron chi connectivity index (χ1n) is 7.60. The molecule has 1 saturated heterocycles. The maximum absolute atomic E-state index is 12.9. The number of benzene rings is 2. The fraction of sp³-hybridized carbons (Fsp3) is 0.158. The van der Waals surface area contributed by atoms with Crippen LogP contribution in [0.1, 0.15) is 11.1 Å². The van der Waals surface area contributed by atoms with Gasteiger partial charge in [0.15, 0.2) is 15.8 Å². The van der Waals surface area contributed by atoms with Crippen LogP contribution in [0, 0.1) is 6.92 Å². The largest absolute Gasteiger partial charge is 0.493 e. The molecule has 1 aliphatic rings. The van der Waals surface area contributed by atoms with E-state index in [2.05, 4.69) is 0 Å². The van der Waals surface area contributed by atoms with Crippen molar-refractivity contribution in [3.05, 3.63) is 58.5 Å². The van der Waals surface area contributed by atoms with Gasteiger partial charge < -0.3 is 9.47 Å². The highest BCUT2D eigenvalue weighted by Gasteiger charge is 2.33. The summed E-state index contributed by atoms with van der Waals surface area (Å²) in [4.78, 5) is 15.0. The molecule has 0 spiro atoms. The molecule has 0 aromatic heterocycles. The zero-order valence-electron chi connectivity index (χ0n) is 14.1. The predicted octanol–water partition coefficient (Wildman–Crippen LogP) is 4.42. The van der Waals surface area contributed by atoms with Crippen LogP contribution in [0.5, 0.6) is 11.5 Å². The lowest BCUT2D eigenvalue weighted by Gasteiger charge is -2.15. The molecule has 3 rings (SSSR count). The molecule has 2 aromatic carbocycles.